The van der Waals surface area contributed by atoms with Crippen LogP contribution in [0.2, 0.25) is 0 Å². The standard InChI is InChI=1S/C30H38N2O5/c1-16-8-7-10-20-27-29(3,37-27)17(2)26-22(13-18-15-31-21-11-6-5-9-19(18)21)32-28(35)30(20,26)25(34)14-24(36-4)23(33)12-16/h5-7,9-11,15-17,20,22-24,26-27,31,33H,8,12-14H2,1-4H3,(H,32,35)/b10-7+/t16-,17+,20-,22+,23+,24-,26-,27+,29-,30+/m0/s1. The highest BCUT2D eigenvalue weighted by molar-refractivity contribution is 6.09. The van der Waals surface area contributed by atoms with Gasteiger partial charge in [0.15, 0.2) is 5.78 Å². The van der Waals surface area contributed by atoms with E-state index in [-0.39, 0.29) is 59.5 Å². The largest absolute Gasteiger partial charge is 0.390 e. The highest BCUT2D eigenvalue weighted by atomic mass is 16.6. The molecule has 0 unspecified atom stereocenters. The van der Waals surface area contributed by atoms with Gasteiger partial charge in [-0.3, -0.25) is 9.59 Å². The average Bonchev–Trinajstić information content (AvgIpc) is 3.28. The zero-order chi connectivity index (χ0) is 26.1. The number of ether oxygens (including phenoxy) is 2. The maximum atomic E-state index is 14.4. The number of hydrogen-bond acceptors (Lipinski definition) is 5. The zero-order valence-corrected chi connectivity index (χ0v) is 22.1. The van der Waals surface area contributed by atoms with Gasteiger partial charge in [-0.2, -0.15) is 0 Å². The van der Waals surface area contributed by atoms with Crippen molar-refractivity contribution >= 4 is 22.6 Å². The SMILES string of the molecule is CO[C@H]1CC(=O)[C@@]23C(=O)N[C@H](Cc4c[nH]c5ccccc45)[C@@H]2[C@@H](C)[C@]2(C)O[C@@H]2[C@@H]3/C=C/C[C@H](C)C[C@H]1O. The van der Waals surface area contributed by atoms with Crippen molar-refractivity contribution in [1.82, 2.24) is 10.3 Å². The van der Waals surface area contributed by atoms with Crippen LogP contribution in [0.5, 0.6) is 0 Å². The summed E-state index contributed by atoms with van der Waals surface area (Å²) < 4.78 is 12.0. The summed E-state index contributed by atoms with van der Waals surface area (Å²) in [6.45, 7) is 6.36. The van der Waals surface area contributed by atoms with E-state index in [1.54, 1.807) is 0 Å². The molecule has 10 atom stereocenters. The second kappa shape index (κ2) is 8.79. The van der Waals surface area contributed by atoms with Crippen LogP contribution in [0, 0.1) is 29.1 Å². The molecule has 2 aromatic rings. The molecule has 1 aromatic carbocycles. The Labute approximate surface area is 218 Å². The van der Waals surface area contributed by atoms with Crippen molar-refractivity contribution in [1.29, 1.82) is 0 Å². The van der Waals surface area contributed by atoms with Gasteiger partial charge in [0.05, 0.1) is 23.9 Å². The zero-order valence-electron chi connectivity index (χ0n) is 22.1. The van der Waals surface area contributed by atoms with Gasteiger partial charge >= 0.3 is 0 Å². The molecule has 7 nitrogen and oxygen atoms in total. The number of para-hydroxylation sites is 1. The molecule has 3 fully saturated rings. The van der Waals surface area contributed by atoms with E-state index in [2.05, 4.69) is 49.3 Å². The molecule has 1 aromatic heterocycles. The molecule has 198 valence electrons. The van der Waals surface area contributed by atoms with Gasteiger partial charge in [0, 0.05) is 48.5 Å². The van der Waals surface area contributed by atoms with Crippen molar-refractivity contribution in [2.24, 2.45) is 29.1 Å². The number of benzene rings is 1. The van der Waals surface area contributed by atoms with Crippen LogP contribution in [0.3, 0.4) is 0 Å². The lowest BCUT2D eigenvalue weighted by molar-refractivity contribution is -0.151. The molecule has 0 radical (unpaired) electrons. The molecule has 7 heteroatoms. The number of fused-ring (bicyclic) bond motifs is 3. The fourth-order valence-electron chi connectivity index (χ4n) is 7.91. The minimum atomic E-state index is -1.25. The average molecular weight is 507 g/mol. The van der Waals surface area contributed by atoms with Gasteiger partial charge in [-0.15, -0.1) is 0 Å². The number of carbonyl (C=O) groups excluding carboxylic acids is 2. The van der Waals surface area contributed by atoms with E-state index in [0.29, 0.717) is 12.8 Å². The van der Waals surface area contributed by atoms with Crippen molar-refractivity contribution in [3.05, 3.63) is 48.2 Å². The number of aliphatic hydroxyl groups excluding tert-OH is 1. The van der Waals surface area contributed by atoms with Crippen LogP contribution in [0.25, 0.3) is 10.9 Å². The number of amides is 1. The van der Waals surface area contributed by atoms with Crippen molar-refractivity contribution in [2.75, 3.05) is 7.11 Å². The summed E-state index contributed by atoms with van der Waals surface area (Å²) in [4.78, 5) is 31.9. The second-order valence-electron chi connectivity index (χ2n) is 12.0. The van der Waals surface area contributed by atoms with Crippen molar-refractivity contribution < 1.29 is 24.2 Å². The number of ketones is 1. The minimum absolute atomic E-state index is 0.00442. The maximum absolute atomic E-state index is 14.4. The fraction of sp³-hybridized carbons (Fsp3) is 0.600. The van der Waals surface area contributed by atoms with Gasteiger partial charge in [-0.25, -0.2) is 0 Å². The van der Waals surface area contributed by atoms with Gasteiger partial charge in [0.2, 0.25) is 5.91 Å². The Morgan fingerprint density at radius 1 is 1.22 bits per heavy atom. The van der Waals surface area contributed by atoms with Gasteiger partial charge < -0.3 is 24.9 Å². The molecular formula is C30H38N2O5. The van der Waals surface area contributed by atoms with Crippen LogP contribution in [-0.2, 0) is 25.5 Å². The number of allylic oxidation sites excluding steroid dienone is 1. The van der Waals surface area contributed by atoms with Crippen LogP contribution in [0.4, 0.5) is 0 Å². The number of Topliss-reactive ketones (excluding diaryl/α,β-unsaturated/α-hetero) is 1. The number of aliphatic hydroxyl groups is 1. The van der Waals surface area contributed by atoms with Gasteiger partial charge in [-0.1, -0.05) is 44.2 Å². The van der Waals surface area contributed by atoms with Crippen molar-refractivity contribution in [2.45, 2.75) is 76.4 Å². The molecule has 3 N–H and O–H groups in total. The lowest BCUT2D eigenvalue weighted by Crippen LogP contribution is -2.59. The minimum Gasteiger partial charge on any atom is -0.390 e. The Morgan fingerprint density at radius 3 is 2.78 bits per heavy atom. The molecule has 1 spiro atoms. The van der Waals surface area contributed by atoms with Crippen molar-refractivity contribution in [3.8, 4) is 0 Å². The third kappa shape index (κ3) is 3.57. The summed E-state index contributed by atoms with van der Waals surface area (Å²) in [5.41, 5.74) is 0.561. The van der Waals surface area contributed by atoms with Crippen LogP contribution < -0.4 is 5.32 Å². The number of nitrogens with one attached hydrogen (secondary N) is 2. The monoisotopic (exact) mass is 506 g/mol. The summed E-state index contributed by atoms with van der Waals surface area (Å²) >= 11 is 0. The molecule has 1 amide bonds. The molecule has 2 saturated heterocycles. The summed E-state index contributed by atoms with van der Waals surface area (Å²) in [6, 6.07) is 7.95. The summed E-state index contributed by atoms with van der Waals surface area (Å²) in [5.74, 6) is -0.717. The van der Waals surface area contributed by atoms with Crippen molar-refractivity contribution in [3.63, 3.8) is 0 Å². The van der Waals surface area contributed by atoms with Gasteiger partial charge in [0.25, 0.3) is 0 Å². The maximum Gasteiger partial charge on any atom is 0.235 e. The van der Waals surface area contributed by atoms with E-state index in [1.807, 2.05) is 24.4 Å². The fourth-order valence-corrected chi connectivity index (χ4v) is 7.91. The first kappa shape index (κ1) is 24.8. The predicted molar refractivity (Wildman–Crippen MR) is 140 cm³/mol. The molecule has 37 heavy (non-hydrogen) atoms. The lowest BCUT2D eigenvalue weighted by Gasteiger charge is -2.46. The van der Waals surface area contributed by atoms with E-state index >= 15 is 0 Å². The highest BCUT2D eigenvalue weighted by Gasteiger charge is 2.78. The quantitative estimate of drug-likeness (QED) is 0.336. The number of epoxide rings is 1. The topological polar surface area (TPSA) is 104 Å². The molecular weight excluding hydrogens is 468 g/mol. The first-order valence-electron chi connectivity index (χ1n) is 13.7. The summed E-state index contributed by atoms with van der Waals surface area (Å²) in [7, 11) is 1.54. The Morgan fingerprint density at radius 2 is 2.00 bits per heavy atom. The third-order valence-electron chi connectivity index (χ3n) is 10.1. The number of rotatable bonds is 3. The third-order valence-corrected chi connectivity index (χ3v) is 10.1. The number of hydrogen-bond donors (Lipinski definition) is 3. The molecule has 4 aliphatic rings. The molecule has 6 rings (SSSR count). The molecule has 0 bridgehead atoms. The Bertz CT molecular complexity index is 1250. The van der Waals surface area contributed by atoms with E-state index in [0.717, 1.165) is 22.9 Å². The first-order chi connectivity index (χ1) is 17.7. The smallest absolute Gasteiger partial charge is 0.235 e. The van der Waals surface area contributed by atoms with Crippen LogP contribution in [0.1, 0.15) is 45.6 Å². The molecule has 2 aliphatic carbocycles. The summed E-state index contributed by atoms with van der Waals surface area (Å²) in [6.07, 6.45) is 6.54. The number of methoxy groups -OCH3 is 1. The predicted octanol–water partition coefficient (Wildman–Crippen LogP) is 3.56. The van der Waals surface area contributed by atoms with E-state index in [1.165, 1.54) is 7.11 Å². The van der Waals surface area contributed by atoms with E-state index in [9.17, 15) is 14.7 Å². The van der Waals surface area contributed by atoms with Gasteiger partial charge in [-0.05, 0) is 49.7 Å². The number of aromatic nitrogens is 1. The van der Waals surface area contributed by atoms with E-state index in [4.69, 9.17) is 9.47 Å². The molecule has 1 saturated carbocycles. The van der Waals surface area contributed by atoms with Crippen LogP contribution in [-0.4, -0.2) is 58.8 Å². The Hall–Kier alpha value is -2.48. The molecule has 3 heterocycles. The van der Waals surface area contributed by atoms with Crippen LogP contribution >= 0.6 is 0 Å². The number of aromatic amines is 1. The number of carbonyl (C=O) groups is 2. The van der Waals surface area contributed by atoms with Gasteiger partial charge in [0.1, 0.15) is 5.41 Å². The molecule has 2 aliphatic heterocycles. The Balaban J connectivity index is 1.46. The lowest BCUT2D eigenvalue weighted by atomic mass is 9.51. The Kier molecular flexibility index (Phi) is 5.90. The summed E-state index contributed by atoms with van der Waals surface area (Å²) in [5, 5.41) is 15.3. The first-order valence-corrected chi connectivity index (χ1v) is 13.7. The second-order valence-corrected chi connectivity index (χ2v) is 12.0. The highest BCUT2D eigenvalue weighted by Crippen LogP contribution is 2.66. The van der Waals surface area contributed by atoms with Crippen LogP contribution in [0.15, 0.2) is 42.6 Å². The number of H-pyrrole nitrogens is 1. The van der Waals surface area contributed by atoms with E-state index < -0.39 is 17.6 Å². The normalized spacial score (nSPS) is 44.4.